The number of benzene rings is 1. The van der Waals surface area contributed by atoms with Gasteiger partial charge in [-0.05, 0) is 18.6 Å². The van der Waals surface area contributed by atoms with Crippen molar-refractivity contribution in [3.8, 4) is 0 Å². The number of pyridine rings is 1. The van der Waals surface area contributed by atoms with Gasteiger partial charge >= 0.3 is 0 Å². The monoisotopic (exact) mass is 281 g/mol. The molecule has 0 spiro atoms. The molecule has 0 unspecified atom stereocenters. The summed E-state index contributed by atoms with van der Waals surface area (Å²) < 4.78 is 1.74. The Hall–Kier alpha value is -2.76. The van der Waals surface area contributed by atoms with Crippen LogP contribution in [-0.2, 0) is 6.54 Å². The lowest BCUT2D eigenvalue weighted by molar-refractivity contribution is 0.0954. The molecule has 21 heavy (non-hydrogen) atoms. The fourth-order valence-corrected chi connectivity index (χ4v) is 2.17. The lowest BCUT2D eigenvalue weighted by Crippen LogP contribution is -2.25. The highest BCUT2D eigenvalue weighted by molar-refractivity contribution is 6.05. The molecule has 1 aromatic carbocycles. The summed E-state index contributed by atoms with van der Waals surface area (Å²) in [6.45, 7) is 1.32. The second-order valence-electron chi connectivity index (χ2n) is 4.65. The van der Waals surface area contributed by atoms with E-state index in [1.165, 1.54) is 6.33 Å². The van der Waals surface area contributed by atoms with Gasteiger partial charge in [-0.15, -0.1) is 0 Å². The van der Waals surface area contributed by atoms with E-state index in [1.54, 1.807) is 23.3 Å². The lowest BCUT2D eigenvalue weighted by atomic mass is 10.1. The van der Waals surface area contributed by atoms with E-state index in [9.17, 15) is 4.79 Å². The van der Waals surface area contributed by atoms with Crippen molar-refractivity contribution in [3.63, 3.8) is 0 Å². The van der Waals surface area contributed by atoms with E-state index in [0.717, 1.165) is 23.9 Å². The van der Waals surface area contributed by atoms with Gasteiger partial charge < -0.3 is 5.32 Å². The largest absolute Gasteiger partial charge is 0.352 e. The quantitative estimate of drug-likeness (QED) is 0.722. The van der Waals surface area contributed by atoms with Crippen LogP contribution in [0.2, 0.25) is 0 Å². The third-order valence-electron chi connectivity index (χ3n) is 3.19. The molecule has 0 bridgehead atoms. The van der Waals surface area contributed by atoms with E-state index in [1.807, 2.05) is 24.3 Å². The number of nitrogens with one attached hydrogen (secondary N) is 1. The first-order valence-corrected chi connectivity index (χ1v) is 6.79. The first-order chi connectivity index (χ1) is 10.3. The Labute approximate surface area is 121 Å². The number of carbonyl (C=O) groups is 1. The average Bonchev–Trinajstić information content (AvgIpc) is 3.04. The first kappa shape index (κ1) is 13.2. The van der Waals surface area contributed by atoms with E-state index in [2.05, 4.69) is 20.4 Å². The van der Waals surface area contributed by atoms with Gasteiger partial charge in [0, 0.05) is 24.7 Å². The fourth-order valence-electron chi connectivity index (χ4n) is 2.17. The van der Waals surface area contributed by atoms with Gasteiger partial charge in [0.25, 0.3) is 5.91 Å². The first-order valence-electron chi connectivity index (χ1n) is 6.79. The van der Waals surface area contributed by atoms with Crippen LogP contribution < -0.4 is 5.32 Å². The minimum absolute atomic E-state index is 0.0992. The number of rotatable bonds is 5. The summed E-state index contributed by atoms with van der Waals surface area (Å²) in [7, 11) is 0. The number of fused-ring (bicyclic) bond motifs is 1. The highest BCUT2D eigenvalue weighted by Crippen LogP contribution is 2.15. The highest BCUT2D eigenvalue weighted by Gasteiger charge is 2.09. The number of hydrogen-bond donors (Lipinski definition) is 1. The smallest absolute Gasteiger partial charge is 0.253 e. The third-order valence-corrected chi connectivity index (χ3v) is 3.19. The Kier molecular flexibility index (Phi) is 3.86. The molecule has 3 rings (SSSR count). The standard InChI is InChI=1S/C15H15N5O/c21-15(18-8-3-9-20-11-16-10-19-20)13-6-1-4-12-5-2-7-17-14(12)13/h1-2,4-7,10-11H,3,8-9H2,(H,18,21). The van der Waals surface area contributed by atoms with Crippen LogP contribution in [-0.4, -0.2) is 32.2 Å². The summed E-state index contributed by atoms with van der Waals surface area (Å²) in [5.74, 6) is -0.0992. The van der Waals surface area contributed by atoms with Gasteiger partial charge in [0.2, 0.25) is 0 Å². The van der Waals surface area contributed by atoms with Gasteiger partial charge in [-0.3, -0.25) is 14.5 Å². The predicted molar refractivity (Wildman–Crippen MR) is 78.7 cm³/mol. The van der Waals surface area contributed by atoms with E-state index in [4.69, 9.17) is 0 Å². The summed E-state index contributed by atoms with van der Waals surface area (Å²) >= 11 is 0. The van der Waals surface area contributed by atoms with Crippen LogP contribution in [0.4, 0.5) is 0 Å². The molecule has 1 N–H and O–H groups in total. The molecule has 106 valence electrons. The number of hydrogen-bond acceptors (Lipinski definition) is 4. The number of amides is 1. The van der Waals surface area contributed by atoms with Crippen LogP contribution in [0.25, 0.3) is 10.9 Å². The van der Waals surface area contributed by atoms with Crippen molar-refractivity contribution in [3.05, 3.63) is 54.7 Å². The third kappa shape index (κ3) is 3.05. The zero-order chi connectivity index (χ0) is 14.5. The van der Waals surface area contributed by atoms with Gasteiger partial charge in [-0.2, -0.15) is 5.10 Å². The van der Waals surface area contributed by atoms with Gasteiger partial charge in [0.1, 0.15) is 12.7 Å². The van der Waals surface area contributed by atoms with E-state index in [-0.39, 0.29) is 5.91 Å². The van der Waals surface area contributed by atoms with Crippen molar-refractivity contribution >= 4 is 16.8 Å². The molecule has 1 amide bonds. The van der Waals surface area contributed by atoms with Gasteiger partial charge in [0.05, 0.1) is 11.1 Å². The van der Waals surface area contributed by atoms with Crippen molar-refractivity contribution in [1.29, 1.82) is 0 Å². The second kappa shape index (κ2) is 6.13. The van der Waals surface area contributed by atoms with Crippen LogP contribution in [0.1, 0.15) is 16.8 Å². The van der Waals surface area contributed by atoms with Gasteiger partial charge in [-0.25, -0.2) is 4.98 Å². The van der Waals surface area contributed by atoms with Crippen molar-refractivity contribution in [2.75, 3.05) is 6.54 Å². The maximum absolute atomic E-state index is 12.2. The van der Waals surface area contributed by atoms with Crippen LogP contribution in [0.15, 0.2) is 49.2 Å². The van der Waals surface area contributed by atoms with Crippen molar-refractivity contribution in [2.45, 2.75) is 13.0 Å². The molecular formula is C15H15N5O. The normalized spacial score (nSPS) is 10.7. The Morgan fingerprint density at radius 3 is 3.00 bits per heavy atom. The second-order valence-corrected chi connectivity index (χ2v) is 4.65. The molecule has 0 atom stereocenters. The highest BCUT2D eigenvalue weighted by atomic mass is 16.1. The molecule has 2 heterocycles. The van der Waals surface area contributed by atoms with Crippen LogP contribution in [0.3, 0.4) is 0 Å². The molecule has 0 saturated heterocycles. The maximum atomic E-state index is 12.2. The zero-order valence-corrected chi connectivity index (χ0v) is 11.4. The summed E-state index contributed by atoms with van der Waals surface area (Å²) in [5, 5.41) is 7.89. The lowest BCUT2D eigenvalue weighted by Gasteiger charge is -2.07. The fraction of sp³-hybridized carbons (Fsp3) is 0.200. The van der Waals surface area contributed by atoms with Crippen LogP contribution in [0.5, 0.6) is 0 Å². The number of aromatic nitrogens is 4. The number of para-hydroxylation sites is 1. The molecule has 0 aliphatic carbocycles. The molecule has 0 aliphatic heterocycles. The van der Waals surface area contributed by atoms with Gasteiger partial charge in [0.15, 0.2) is 0 Å². The van der Waals surface area contributed by atoms with Crippen LogP contribution >= 0.6 is 0 Å². The van der Waals surface area contributed by atoms with Crippen molar-refractivity contribution < 1.29 is 4.79 Å². The summed E-state index contributed by atoms with van der Waals surface area (Å²) in [4.78, 5) is 20.4. The zero-order valence-electron chi connectivity index (χ0n) is 11.4. The van der Waals surface area contributed by atoms with E-state index >= 15 is 0 Å². The maximum Gasteiger partial charge on any atom is 0.253 e. The molecule has 0 saturated carbocycles. The molecular weight excluding hydrogens is 266 g/mol. The Balaban J connectivity index is 1.62. The Morgan fingerprint density at radius 2 is 2.14 bits per heavy atom. The van der Waals surface area contributed by atoms with E-state index in [0.29, 0.717) is 12.1 Å². The Morgan fingerprint density at radius 1 is 1.24 bits per heavy atom. The average molecular weight is 281 g/mol. The van der Waals surface area contributed by atoms with Crippen molar-refractivity contribution in [2.24, 2.45) is 0 Å². The summed E-state index contributed by atoms with van der Waals surface area (Å²) in [6.07, 6.45) is 5.66. The predicted octanol–water partition coefficient (Wildman–Crippen LogP) is 1.65. The molecule has 2 aromatic heterocycles. The topological polar surface area (TPSA) is 72.7 Å². The summed E-state index contributed by atoms with van der Waals surface area (Å²) in [6, 6.07) is 9.42. The minimum Gasteiger partial charge on any atom is -0.352 e. The molecule has 6 heteroatoms. The SMILES string of the molecule is O=C(NCCCn1cncn1)c1cccc2cccnc12. The van der Waals surface area contributed by atoms with Crippen molar-refractivity contribution in [1.82, 2.24) is 25.1 Å². The summed E-state index contributed by atoms with van der Waals surface area (Å²) in [5.41, 5.74) is 1.34. The number of carbonyl (C=O) groups excluding carboxylic acids is 1. The Bertz CT molecular complexity index is 733. The molecule has 0 radical (unpaired) electrons. The van der Waals surface area contributed by atoms with Crippen LogP contribution in [0, 0.1) is 0 Å². The molecule has 6 nitrogen and oxygen atoms in total. The molecule has 3 aromatic rings. The van der Waals surface area contributed by atoms with Gasteiger partial charge in [-0.1, -0.05) is 18.2 Å². The number of aryl methyl sites for hydroxylation is 1. The van der Waals surface area contributed by atoms with E-state index < -0.39 is 0 Å². The minimum atomic E-state index is -0.0992. The number of nitrogens with zero attached hydrogens (tertiary/aromatic N) is 4. The molecule has 0 aliphatic rings. The molecule has 0 fully saturated rings.